The highest BCUT2D eigenvalue weighted by molar-refractivity contribution is 5.43. The Bertz CT molecular complexity index is 336. The molecule has 0 fully saturated rings. The van der Waals surface area contributed by atoms with E-state index in [-0.39, 0.29) is 6.29 Å². The summed E-state index contributed by atoms with van der Waals surface area (Å²) in [6, 6.07) is 6.04. The zero-order chi connectivity index (χ0) is 12.7. The Kier molecular flexibility index (Phi) is 5.84. The molecule has 0 aliphatic rings. The van der Waals surface area contributed by atoms with Gasteiger partial charge in [-0.05, 0) is 38.0 Å². The Balaban J connectivity index is 2.77. The van der Waals surface area contributed by atoms with Gasteiger partial charge in [0.2, 0.25) is 0 Å². The second-order valence-corrected chi connectivity index (χ2v) is 3.88. The lowest BCUT2D eigenvalue weighted by atomic mass is 10.1. The van der Waals surface area contributed by atoms with Gasteiger partial charge in [-0.1, -0.05) is 19.4 Å². The summed E-state index contributed by atoms with van der Waals surface area (Å²) in [5.41, 5.74) is 1.26. The van der Waals surface area contributed by atoms with Crippen LogP contribution in [0.3, 0.4) is 0 Å². The van der Waals surface area contributed by atoms with Gasteiger partial charge in [-0.2, -0.15) is 0 Å². The van der Waals surface area contributed by atoms with E-state index in [2.05, 4.69) is 13.0 Å². The molecule has 17 heavy (non-hydrogen) atoms. The minimum absolute atomic E-state index is 0.258. The molecule has 0 saturated heterocycles. The van der Waals surface area contributed by atoms with E-state index in [0.29, 0.717) is 6.61 Å². The molecule has 3 nitrogen and oxygen atoms in total. The number of benzene rings is 1. The Labute approximate surface area is 104 Å². The van der Waals surface area contributed by atoms with Crippen molar-refractivity contribution in [3.05, 3.63) is 23.8 Å². The van der Waals surface area contributed by atoms with Crippen molar-refractivity contribution in [2.24, 2.45) is 0 Å². The summed E-state index contributed by atoms with van der Waals surface area (Å²) >= 11 is 0. The molecule has 3 heteroatoms. The van der Waals surface area contributed by atoms with Crippen LogP contribution >= 0.6 is 0 Å². The van der Waals surface area contributed by atoms with Gasteiger partial charge in [-0.3, -0.25) is 0 Å². The van der Waals surface area contributed by atoms with Crippen molar-refractivity contribution in [1.29, 1.82) is 0 Å². The van der Waals surface area contributed by atoms with Gasteiger partial charge in [0.25, 0.3) is 0 Å². The smallest absolute Gasteiger partial charge is 0.197 e. The van der Waals surface area contributed by atoms with Crippen molar-refractivity contribution >= 4 is 0 Å². The highest BCUT2D eigenvalue weighted by Crippen LogP contribution is 2.29. The van der Waals surface area contributed by atoms with Gasteiger partial charge in [0.05, 0.1) is 7.11 Å². The SMILES string of the molecule is CCCc1ccc(OC(C)OCC)c(OC)c1. The second-order valence-electron chi connectivity index (χ2n) is 3.88. The van der Waals surface area contributed by atoms with Crippen LogP contribution in [0.25, 0.3) is 0 Å². The number of ether oxygens (including phenoxy) is 3. The number of methoxy groups -OCH3 is 1. The first-order chi connectivity index (χ1) is 8.21. The first kappa shape index (κ1) is 13.8. The molecule has 1 aromatic rings. The number of rotatable bonds is 7. The maximum absolute atomic E-state index is 5.66. The van der Waals surface area contributed by atoms with Crippen LogP contribution in [0.2, 0.25) is 0 Å². The zero-order valence-corrected chi connectivity index (χ0v) is 11.2. The van der Waals surface area contributed by atoms with Crippen molar-refractivity contribution < 1.29 is 14.2 Å². The molecule has 0 N–H and O–H groups in total. The van der Waals surface area contributed by atoms with Gasteiger partial charge < -0.3 is 14.2 Å². The summed E-state index contributed by atoms with van der Waals surface area (Å²) in [5.74, 6) is 1.50. The van der Waals surface area contributed by atoms with Crippen LogP contribution in [0.1, 0.15) is 32.8 Å². The first-order valence-electron chi connectivity index (χ1n) is 6.16. The average Bonchev–Trinajstić information content (AvgIpc) is 2.31. The number of hydrogen-bond donors (Lipinski definition) is 0. The zero-order valence-electron chi connectivity index (χ0n) is 11.2. The first-order valence-corrected chi connectivity index (χ1v) is 6.16. The lowest BCUT2D eigenvalue weighted by Gasteiger charge is -2.17. The molecule has 0 aliphatic carbocycles. The van der Waals surface area contributed by atoms with E-state index >= 15 is 0 Å². The van der Waals surface area contributed by atoms with E-state index in [1.54, 1.807) is 7.11 Å². The van der Waals surface area contributed by atoms with Crippen molar-refractivity contribution in [3.63, 3.8) is 0 Å². The molecule has 0 saturated carbocycles. The lowest BCUT2D eigenvalue weighted by molar-refractivity contribution is -0.0623. The van der Waals surface area contributed by atoms with Crippen LogP contribution in [0.15, 0.2) is 18.2 Å². The molecule has 0 radical (unpaired) electrons. The van der Waals surface area contributed by atoms with Crippen molar-refractivity contribution in [1.82, 2.24) is 0 Å². The summed E-state index contributed by atoms with van der Waals surface area (Å²) in [5, 5.41) is 0. The Hall–Kier alpha value is -1.22. The molecule has 0 heterocycles. The molecule has 1 atom stereocenters. The second kappa shape index (κ2) is 7.17. The minimum Gasteiger partial charge on any atom is -0.493 e. The van der Waals surface area contributed by atoms with E-state index < -0.39 is 0 Å². The van der Waals surface area contributed by atoms with E-state index in [4.69, 9.17) is 14.2 Å². The topological polar surface area (TPSA) is 27.7 Å². The molecular formula is C14H22O3. The highest BCUT2D eigenvalue weighted by atomic mass is 16.7. The van der Waals surface area contributed by atoms with E-state index in [0.717, 1.165) is 24.3 Å². The van der Waals surface area contributed by atoms with Gasteiger partial charge in [0.15, 0.2) is 17.8 Å². The quantitative estimate of drug-likeness (QED) is 0.681. The third-order valence-electron chi connectivity index (χ3n) is 2.46. The highest BCUT2D eigenvalue weighted by Gasteiger charge is 2.09. The summed E-state index contributed by atoms with van der Waals surface area (Å²) < 4.78 is 16.3. The summed E-state index contributed by atoms with van der Waals surface area (Å²) in [7, 11) is 1.66. The van der Waals surface area contributed by atoms with Crippen LogP contribution in [-0.2, 0) is 11.2 Å². The van der Waals surface area contributed by atoms with E-state index in [1.807, 2.05) is 26.0 Å². The molecule has 0 amide bonds. The molecule has 0 spiro atoms. The molecule has 0 aromatic heterocycles. The fourth-order valence-electron chi connectivity index (χ4n) is 1.70. The van der Waals surface area contributed by atoms with Crippen LogP contribution < -0.4 is 9.47 Å². The van der Waals surface area contributed by atoms with Crippen molar-refractivity contribution in [2.45, 2.75) is 39.9 Å². The predicted octanol–water partition coefficient (Wildman–Crippen LogP) is 3.41. The average molecular weight is 238 g/mol. The van der Waals surface area contributed by atoms with Crippen molar-refractivity contribution in [2.75, 3.05) is 13.7 Å². The summed E-state index contributed by atoms with van der Waals surface area (Å²) in [4.78, 5) is 0. The normalized spacial score (nSPS) is 12.2. The lowest BCUT2D eigenvalue weighted by Crippen LogP contribution is -2.16. The number of aryl methyl sites for hydroxylation is 1. The molecule has 1 unspecified atom stereocenters. The maximum Gasteiger partial charge on any atom is 0.197 e. The molecule has 0 aliphatic heterocycles. The Morgan fingerprint density at radius 1 is 1.18 bits per heavy atom. The van der Waals surface area contributed by atoms with Gasteiger partial charge in [0.1, 0.15) is 0 Å². The van der Waals surface area contributed by atoms with Gasteiger partial charge >= 0.3 is 0 Å². The maximum atomic E-state index is 5.66. The fraction of sp³-hybridized carbons (Fsp3) is 0.571. The van der Waals surface area contributed by atoms with Crippen molar-refractivity contribution in [3.8, 4) is 11.5 Å². The Morgan fingerprint density at radius 2 is 1.94 bits per heavy atom. The molecule has 1 rings (SSSR count). The molecule has 1 aromatic carbocycles. The van der Waals surface area contributed by atoms with Crippen LogP contribution in [0.4, 0.5) is 0 Å². The summed E-state index contributed by atoms with van der Waals surface area (Å²) in [6.07, 6.45) is 1.92. The molecule has 0 bridgehead atoms. The minimum atomic E-state index is -0.258. The van der Waals surface area contributed by atoms with Crippen LogP contribution in [0.5, 0.6) is 11.5 Å². The molecule has 96 valence electrons. The standard InChI is InChI=1S/C14H22O3/c1-5-7-12-8-9-13(14(10-12)15-4)17-11(3)16-6-2/h8-11H,5-7H2,1-4H3. The van der Waals surface area contributed by atoms with Gasteiger partial charge in [0, 0.05) is 6.61 Å². The number of hydrogen-bond acceptors (Lipinski definition) is 3. The third-order valence-corrected chi connectivity index (χ3v) is 2.46. The predicted molar refractivity (Wildman–Crippen MR) is 68.7 cm³/mol. The van der Waals surface area contributed by atoms with Crippen LogP contribution in [0, 0.1) is 0 Å². The van der Waals surface area contributed by atoms with E-state index in [1.165, 1.54) is 5.56 Å². The summed E-state index contributed by atoms with van der Waals surface area (Å²) in [6.45, 7) is 6.62. The fourth-order valence-corrected chi connectivity index (χ4v) is 1.70. The van der Waals surface area contributed by atoms with Crippen LogP contribution in [-0.4, -0.2) is 20.0 Å². The molecular weight excluding hydrogens is 216 g/mol. The van der Waals surface area contributed by atoms with Gasteiger partial charge in [-0.25, -0.2) is 0 Å². The monoisotopic (exact) mass is 238 g/mol. The van der Waals surface area contributed by atoms with Gasteiger partial charge in [-0.15, -0.1) is 0 Å². The third kappa shape index (κ3) is 4.27. The Morgan fingerprint density at radius 3 is 2.53 bits per heavy atom. The van der Waals surface area contributed by atoms with E-state index in [9.17, 15) is 0 Å². The largest absolute Gasteiger partial charge is 0.493 e.